The average Bonchev–Trinajstić information content (AvgIpc) is 3.05. The van der Waals surface area contributed by atoms with Crippen LogP contribution in [0.2, 0.25) is 0 Å². The predicted molar refractivity (Wildman–Crippen MR) is 101 cm³/mol. The molecule has 0 radical (unpaired) electrons. The van der Waals surface area contributed by atoms with Crippen molar-refractivity contribution >= 4 is 16.7 Å². The fourth-order valence-corrected chi connectivity index (χ4v) is 3.23. The monoisotopic (exact) mass is 365 g/mol. The fourth-order valence-electron chi connectivity index (χ4n) is 3.23. The Hall–Kier alpha value is -3.26. The van der Waals surface area contributed by atoms with Gasteiger partial charge in [0.25, 0.3) is 11.3 Å². The van der Waals surface area contributed by atoms with Crippen LogP contribution in [-0.4, -0.2) is 43.0 Å². The van der Waals surface area contributed by atoms with Gasteiger partial charge in [0.2, 0.25) is 0 Å². The van der Waals surface area contributed by atoms with Gasteiger partial charge in [-0.1, -0.05) is 12.1 Å². The number of aliphatic hydroxyl groups is 1. The third kappa shape index (κ3) is 2.83. The standard InChI is InChI=1S/C19H19N5O3/c1-12-20-19-21-14-8-10-23(9-5-11-25)18(26)16(14)17(24(19)22-12)13-6-3-4-7-15(13)27-2/h3-4,6-8,10,25H,5,9,11H2,1-2H3. The van der Waals surface area contributed by atoms with Crippen LogP contribution < -0.4 is 10.3 Å². The summed E-state index contributed by atoms with van der Waals surface area (Å²) >= 11 is 0. The Bertz CT molecular complexity index is 1200. The van der Waals surface area contributed by atoms with Crippen LogP contribution in [0.4, 0.5) is 0 Å². The third-order valence-electron chi connectivity index (χ3n) is 4.43. The van der Waals surface area contributed by atoms with E-state index < -0.39 is 0 Å². The molecule has 8 heteroatoms. The summed E-state index contributed by atoms with van der Waals surface area (Å²) in [6, 6.07) is 9.26. The molecule has 4 rings (SSSR count). The van der Waals surface area contributed by atoms with Crippen molar-refractivity contribution in [3.63, 3.8) is 0 Å². The number of methoxy groups -OCH3 is 1. The Balaban J connectivity index is 2.15. The van der Waals surface area contributed by atoms with Gasteiger partial charge in [-0.3, -0.25) is 4.79 Å². The minimum absolute atomic E-state index is 0.0173. The first-order valence-electron chi connectivity index (χ1n) is 8.65. The van der Waals surface area contributed by atoms with Crippen molar-refractivity contribution in [3.8, 4) is 17.0 Å². The summed E-state index contributed by atoms with van der Waals surface area (Å²) in [5.41, 5.74) is 1.68. The summed E-state index contributed by atoms with van der Waals surface area (Å²) in [5.74, 6) is 1.62. The summed E-state index contributed by atoms with van der Waals surface area (Å²) in [5, 5.41) is 14.0. The molecule has 0 fully saturated rings. The van der Waals surface area contributed by atoms with Crippen molar-refractivity contribution < 1.29 is 9.84 Å². The van der Waals surface area contributed by atoms with Crippen LogP contribution in [0.3, 0.4) is 0 Å². The molecular formula is C19H19N5O3. The summed E-state index contributed by atoms with van der Waals surface area (Å²) < 4.78 is 8.68. The second-order valence-electron chi connectivity index (χ2n) is 6.18. The number of hydrogen-bond donors (Lipinski definition) is 1. The normalized spacial score (nSPS) is 11.4. The minimum Gasteiger partial charge on any atom is -0.496 e. The molecule has 27 heavy (non-hydrogen) atoms. The molecule has 3 heterocycles. The maximum Gasteiger partial charge on any atom is 0.262 e. The number of nitrogens with zero attached hydrogens (tertiary/aromatic N) is 5. The van der Waals surface area contributed by atoms with Crippen molar-refractivity contribution in [2.45, 2.75) is 19.9 Å². The topological polar surface area (TPSA) is 94.5 Å². The lowest BCUT2D eigenvalue weighted by molar-refractivity contribution is 0.279. The summed E-state index contributed by atoms with van der Waals surface area (Å²) in [6.45, 7) is 2.22. The van der Waals surface area contributed by atoms with Gasteiger partial charge < -0.3 is 14.4 Å². The van der Waals surface area contributed by atoms with Gasteiger partial charge in [-0.15, -0.1) is 5.10 Å². The smallest absolute Gasteiger partial charge is 0.262 e. The molecule has 0 unspecified atom stereocenters. The van der Waals surface area contributed by atoms with E-state index in [2.05, 4.69) is 15.1 Å². The van der Waals surface area contributed by atoms with E-state index in [9.17, 15) is 4.79 Å². The molecule has 3 aromatic heterocycles. The number of aryl methyl sites for hydroxylation is 2. The van der Waals surface area contributed by atoms with Gasteiger partial charge in [0.05, 0.1) is 23.7 Å². The van der Waals surface area contributed by atoms with E-state index in [1.54, 1.807) is 35.4 Å². The van der Waals surface area contributed by atoms with Crippen molar-refractivity contribution in [2.75, 3.05) is 13.7 Å². The Labute approximate surface area is 154 Å². The molecule has 8 nitrogen and oxygen atoms in total. The Morgan fingerprint density at radius 3 is 2.78 bits per heavy atom. The highest BCUT2D eigenvalue weighted by atomic mass is 16.5. The summed E-state index contributed by atoms with van der Waals surface area (Å²) in [4.78, 5) is 22.1. The maximum absolute atomic E-state index is 13.2. The van der Waals surface area contributed by atoms with Gasteiger partial charge in [-0.2, -0.15) is 9.50 Å². The average molecular weight is 365 g/mol. The second kappa shape index (κ2) is 6.81. The molecule has 0 saturated heterocycles. The van der Waals surface area contributed by atoms with Gasteiger partial charge in [0.15, 0.2) is 0 Å². The van der Waals surface area contributed by atoms with E-state index in [1.165, 1.54) is 0 Å². The van der Waals surface area contributed by atoms with Crippen molar-refractivity contribution in [1.82, 2.24) is 24.1 Å². The predicted octanol–water partition coefficient (Wildman–Crippen LogP) is 1.81. The molecule has 4 aromatic rings. The molecule has 0 aliphatic carbocycles. The van der Waals surface area contributed by atoms with E-state index in [0.717, 1.165) is 5.56 Å². The Morgan fingerprint density at radius 2 is 2.00 bits per heavy atom. The van der Waals surface area contributed by atoms with Crippen LogP contribution in [0.1, 0.15) is 12.2 Å². The summed E-state index contributed by atoms with van der Waals surface area (Å²) in [6.07, 6.45) is 2.19. The van der Waals surface area contributed by atoms with Crippen molar-refractivity contribution in [1.29, 1.82) is 0 Å². The molecule has 0 saturated carbocycles. The third-order valence-corrected chi connectivity index (χ3v) is 4.43. The second-order valence-corrected chi connectivity index (χ2v) is 6.18. The SMILES string of the molecule is COc1ccccc1-c1c2c(=O)n(CCCO)ccc2nc2nc(C)nn12. The first-order valence-corrected chi connectivity index (χ1v) is 8.65. The number of aliphatic hydroxyl groups excluding tert-OH is 1. The fraction of sp³-hybridized carbons (Fsp3) is 0.263. The Kier molecular flexibility index (Phi) is 4.33. The molecule has 0 aliphatic heterocycles. The number of fused-ring (bicyclic) bond motifs is 2. The number of aromatic nitrogens is 5. The highest BCUT2D eigenvalue weighted by Crippen LogP contribution is 2.33. The number of pyridine rings is 1. The molecule has 0 atom stereocenters. The minimum atomic E-state index is -0.190. The summed E-state index contributed by atoms with van der Waals surface area (Å²) in [7, 11) is 1.59. The molecule has 0 amide bonds. The van der Waals surface area contributed by atoms with E-state index >= 15 is 0 Å². The number of hydrogen-bond acceptors (Lipinski definition) is 6. The zero-order valence-electron chi connectivity index (χ0n) is 15.1. The van der Waals surface area contributed by atoms with Gasteiger partial charge in [-0.25, -0.2) is 4.98 Å². The van der Waals surface area contributed by atoms with Gasteiger partial charge >= 0.3 is 0 Å². The van der Waals surface area contributed by atoms with Gasteiger partial charge in [0.1, 0.15) is 11.6 Å². The van der Waals surface area contributed by atoms with E-state index in [-0.39, 0.29) is 12.2 Å². The first-order chi connectivity index (χ1) is 13.1. The highest BCUT2D eigenvalue weighted by molar-refractivity contribution is 5.94. The van der Waals surface area contributed by atoms with Crippen LogP contribution in [0.15, 0.2) is 41.3 Å². The largest absolute Gasteiger partial charge is 0.496 e. The van der Waals surface area contributed by atoms with E-state index in [1.807, 2.05) is 24.3 Å². The first kappa shape index (κ1) is 17.2. The molecule has 0 spiro atoms. The maximum atomic E-state index is 13.2. The van der Waals surface area contributed by atoms with Crippen molar-refractivity contribution in [3.05, 3.63) is 52.7 Å². The lowest BCUT2D eigenvalue weighted by atomic mass is 10.1. The van der Waals surface area contributed by atoms with E-state index in [0.29, 0.717) is 46.9 Å². The number of para-hydroxylation sites is 1. The molecule has 1 aromatic carbocycles. The molecule has 0 aliphatic rings. The van der Waals surface area contributed by atoms with Crippen LogP contribution in [0.5, 0.6) is 5.75 Å². The quantitative estimate of drug-likeness (QED) is 0.580. The van der Waals surface area contributed by atoms with Crippen LogP contribution >= 0.6 is 0 Å². The molecule has 1 N–H and O–H groups in total. The Morgan fingerprint density at radius 1 is 1.19 bits per heavy atom. The number of rotatable bonds is 5. The van der Waals surface area contributed by atoms with Crippen LogP contribution in [0.25, 0.3) is 27.9 Å². The lowest BCUT2D eigenvalue weighted by Gasteiger charge is -2.13. The molecule has 0 bridgehead atoms. The van der Waals surface area contributed by atoms with E-state index in [4.69, 9.17) is 9.84 Å². The zero-order chi connectivity index (χ0) is 19.0. The van der Waals surface area contributed by atoms with Gasteiger partial charge in [-0.05, 0) is 31.5 Å². The molecular weight excluding hydrogens is 346 g/mol. The highest BCUT2D eigenvalue weighted by Gasteiger charge is 2.20. The zero-order valence-corrected chi connectivity index (χ0v) is 15.1. The number of ether oxygens (including phenoxy) is 1. The van der Waals surface area contributed by atoms with Crippen molar-refractivity contribution in [2.24, 2.45) is 0 Å². The lowest BCUT2D eigenvalue weighted by Crippen LogP contribution is -2.22. The van der Waals surface area contributed by atoms with Crippen LogP contribution in [0, 0.1) is 6.92 Å². The molecule has 138 valence electrons. The van der Waals surface area contributed by atoms with Crippen LogP contribution in [-0.2, 0) is 6.54 Å². The van der Waals surface area contributed by atoms with Gasteiger partial charge in [0, 0.05) is 24.9 Å². The number of benzene rings is 1.